The Hall–Kier alpha value is -3.77. The van der Waals surface area contributed by atoms with Gasteiger partial charge in [-0.1, -0.05) is 12.1 Å². The lowest BCUT2D eigenvalue weighted by Crippen LogP contribution is -2.01. The van der Waals surface area contributed by atoms with E-state index in [-0.39, 0.29) is 5.82 Å². The van der Waals surface area contributed by atoms with Crippen LogP contribution < -0.4 is 5.73 Å². The van der Waals surface area contributed by atoms with Crippen LogP contribution in [0.25, 0.3) is 39.4 Å². The third-order valence-electron chi connectivity index (χ3n) is 5.11. The number of aromatic nitrogens is 4. The summed E-state index contributed by atoms with van der Waals surface area (Å²) >= 11 is 5.97. The van der Waals surface area contributed by atoms with Crippen molar-refractivity contribution in [2.24, 2.45) is 0 Å². The highest BCUT2D eigenvalue weighted by molar-refractivity contribution is 6.17. The Balaban J connectivity index is 1.77. The molecule has 0 unspecified atom stereocenters. The standard InChI is InChI=1S/C24H17ClFN5/c25-13-15-3-9-18(10-4-15)31-22-12-20(16-5-7-17(26)8-6-16)29-14-21(22)30-24(31)19-2-1-11-28-23(19)27/h1-12,14H,13H2,(H2,27,28). The normalized spacial score (nSPS) is 11.2. The van der Waals surface area contributed by atoms with Crippen LogP contribution >= 0.6 is 11.6 Å². The van der Waals surface area contributed by atoms with Crippen molar-refractivity contribution in [1.29, 1.82) is 0 Å². The van der Waals surface area contributed by atoms with E-state index >= 15 is 0 Å². The van der Waals surface area contributed by atoms with Gasteiger partial charge in [0.15, 0.2) is 0 Å². The van der Waals surface area contributed by atoms with Crippen molar-refractivity contribution in [3.8, 4) is 28.3 Å². The molecule has 7 heteroatoms. The molecule has 5 nitrogen and oxygen atoms in total. The van der Waals surface area contributed by atoms with Gasteiger partial charge in [-0.3, -0.25) is 9.55 Å². The highest BCUT2D eigenvalue weighted by Gasteiger charge is 2.18. The Morgan fingerprint density at radius 2 is 1.74 bits per heavy atom. The molecule has 0 saturated carbocycles. The summed E-state index contributed by atoms with van der Waals surface area (Å²) in [6.07, 6.45) is 3.36. The van der Waals surface area contributed by atoms with E-state index in [0.717, 1.165) is 33.6 Å². The second-order valence-electron chi connectivity index (χ2n) is 7.07. The summed E-state index contributed by atoms with van der Waals surface area (Å²) in [5.74, 6) is 1.20. The predicted octanol–water partition coefficient (Wildman–Crippen LogP) is 5.61. The summed E-state index contributed by atoms with van der Waals surface area (Å²) in [5, 5.41) is 0. The monoisotopic (exact) mass is 429 g/mol. The van der Waals surface area contributed by atoms with Crippen molar-refractivity contribution < 1.29 is 4.39 Å². The van der Waals surface area contributed by atoms with Crippen LogP contribution in [-0.4, -0.2) is 19.5 Å². The van der Waals surface area contributed by atoms with Gasteiger partial charge in [0.25, 0.3) is 0 Å². The van der Waals surface area contributed by atoms with Gasteiger partial charge in [0.05, 0.1) is 23.0 Å². The van der Waals surface area contributed by atoms with Crippen LogP contribution in [0.5, 0.6) is 0 Å². The number of anilines is 1. The van der Waals surface area contributed by atoms with Crippen molar-refractivity contribution >= 4 is 28.5 Å². The predicted molar refractivity (Wildman–Crippen MR) is 121 cm³/mol. The Kier molecular flexibility index (Phi) is 4.84. The first kappa shape index (κ1) is 19.2. The van der Waals surface area contributed by atoms with E-state index < -0.39 is 0 Å². The summed E-state index contributed by atoms with van der Waals surface area (Å²) in [6, 6.07) is 19.9. The Labute approximate surface area is 183 Å². The van der Waals surface area contributed by atoms with E-state index in [1.807, 2.05) is 47.0 Å². The fourth-order valence-corrected chi connectivity index (χ4v) is 3.72. The van der Waals surface area contributed by atoms with Crippen molar-refractivity contribution in [3.63, 3.8) is 0 Å². The number of nitrogen functional groups attached to an aromatic ring is 1. The van der Waals surface area contributed by atoms with Crippen LogP contribution in [0.15, 0.2) is 79.1 Å². The minimum absolute atomic E-state index is 0.288. The van der Waals surface area contributed by atoms with Crippen LogP contribution in [0, 0.1) is 5.82 Å². The zero-order valence-electron chi connectivity index (χ0n) is 16.3. The maximum atomic E-state index is 13.4. The minimum Gasteiger partial charge on any atom is -0.383 e. The number of hydrogen-bond donors (Lipinski definition) is 1. The number of nitrogens with zero attached hydrogens (tertiary/aromatic N) is 4. The molecule has 0 atom stereocenters. The molecule has 2 aromatic carbocycles. The maximum Gasteiger partial charge on any atom is 0.149 e. The third kappa shape index (κ3) is 3.51. The number of rotatable bonds is 4. The molecule has 5 rings (SSSR count). The lowest BCUT2D eigenvalue weighted by Gasteiger charge is -2.11. The molecule has 3 heterocycles. The molecule has 0 saturated heterocycles. The number of benzene rings is 2. The van der Waals surface area contributed by atoms with Crippen LogP contribution in [0.3, 0.4) is 0 Å². The molecule has 0 radical (unpaired) electrons. The quantitative estimate of drug-likeness (QED) is 0.377. The van der Waals surface area contributed by atoms with Crippen LogP contribution in [0.1, 0.15) is 5.56 Å². The topological polar surface area (TPSA) is 69.6 Å². The largest absolute Gasteiger partial charge is 0.383 e. The van der Waals surface area contributed by atoms with Crippen molar-refractivity contribution in [3.05, 3.63) is 90.5 Å². The van der Waals surface area contributed by atoms with Crippen molar-refractivity contribution in [2.75, 3.05) is 5.73 Å². The highest BCUT2D eigenvalue weighted by atomic mass is 35.5. The molecule has 5 aromatic rings. The first-order chi connectivity index (χ1) is 15.1. The average molecular weight is 430 g/mol. The third-order valence-corrected chi connectivity index (χ3v) is 5.42. The molecule has 0 spiro atoms. The number of alkyl halides is 1. The molecule has 0 fully saturated rings. The number of halogens is 2. The number of hydrogen-bond acceptors (Lipinski definition) is 4. The van der Waals surface area contributed by atoms with Crippen molar-refractivity contribution in [2.45, 2.75) is 5.88 Å². The molecular weight excluding hydrogens is 413 g/mol. The van der Waals surface area contributed by atoms with Gasteiger partial charge in [0.2, 0.25) is 0 Å². The summed E-state index contributed by atoms with van der Waals surface area (Å²) in [4.78, 5) is 13.6. The number of imidazole rings is 1. The second kappa shape index (κ2) is 7.81. The van der Waals surface area contributed by atoms with Crippen LogP contribution in [0.4, 0.5) is 10.2 Å². The van der Waals surface area contributed by atoms with Gasteiger partial charge in [-0.05, 0) is 60.2 Å². The van der Waals surface area contributed by atoms with Gasteiger partial charge in [0, 0.05) is 23.3 Å². The van der Waals surface area contributed by atoms with Gasteiger partial charge in [-0.2, -0.15) is 0 Å². The van der Waals surface area contributed by atoms with E-state index in [4.69, 9.17) is 22.3 Å². The van der Waals surface area contributed by atoms with Gasteiger partial charge in [0.1, 0.15) is 23.0 Å². The molecule has 3 aromatic heterocycles. The molecule has 2 N–H and O–H groups in total. The first-order valence-electron chi connectivity index (χ1n) is 9.64. The fraction of sp³-hybridized carbons (Fsp3) is 0.0417. The average Bonchev–Trinajstić information content (AvgIpc) is 3.18. The van der Waals surface area contributed by atoms with E-state index in [9.17, 15) is 4.39 Å². The summed E-state index contributed by atoms with van der Waals surface area (Å²) in [7, 11) is 0. The minimum atomic E-state index is -0.288. The van der Waals surface area contributed by atoms with Gasteiger partial charge < -0.3 is 5.73 Å². The molecule has 0 aliphatic rings. The summed E-state index contributed by atoms with van der Waals surface area (Å²) in [5.41, 5.74) is 11.9. The highest BCUT2D eigenvalue weighted by Crippen LogP contribution is 2.32. The number of nitrogens with two attached hydrogens (primary N) is 1. The lowest BCUT2D eigenvalue weighted by molar-refractivity contribution is 0.628. The SMILES string of the molecule is Nc1ncccc1-c1nc2cnc(-c3ccc(F)cc3)cc2n1-c1ccc(CCl)cc1. The molecule has 0 aliphatic heterocycles. The Morgan fingerprint density at radius 1 is 0.968 bits per heavy atom. The molecule has 0 amide bonds. The summed E-state index contributed by atoms with van der Waals surface area (Å²) in [6.45, 7) is 0. The molecule has 0 aliphatic carbocycles. The van der Waals surface area contributed by atoms with Gasteiger partial charge in [-0.25, -0.2) is 14.4 Å². The molecular formula is C24H17ClFN5. The maximum absolute atomic E-state index is 13.4. The lowest BCUT2D eigenvalue weighted by atomic mass is 10.1. The molecule has 31 heavy (non-hydrogen) atoms. The van der Waals surface area contributed by atoms with Crippen molar-refractivity contribution in [1.82, 2.24) is 19.5 Å². The smallest absolute Gasteiger partial charge is 0.149 e. The van der Waals surface area contributed by atoms with Crippen LogP contribution in [0.2, 0.25) is 0 Å². The zero-order valence-corrected chi connectivity index (χ0v) is 17.1. The fourth-order valence-electron chi connectivity index (χ4n) is 3.54. The zero-order chi connectivity index (χ0) is 21.4. The first-order valence-corrected chi connectivity index (χ1v) is 10.2. The summed E-state index contributed by atoms with van der Waals surface area (Å²) < 4.78 is 15.4. The molecule has 0 bridgehead atoms. The van der Waals surface area contributed by atoms with E-state index in [2.05, 4.69) is 9.97 Å². The van der Waals surface area contributed by atoms with Crippen LogP contribution in [-0.2, 0) is 5.88 Å². The Bertz CT molecular complexity index is 1380. The van der Waals surface area contributed by atoms with Gasteiger partial charge >= 0.3 is 0 Å². The van der Waals surface area contributed by atoms with E-state index in [1.54, 1.807) is 24.5 Å². The van der Waals surface area contributed by atoms with E-state index in [1.165, 1.54) is 12.1 Å². The Morgan fingerprint density at radius 3 is 2.45 bits per heavy atom. The molecule has 152 valence electrons. The van der Waals surface area contributed by atoms with Gasteiger partial charge in [-0.15, -0.1) is 11.6 Å². The number of fused-ring (bicyclic) bond motifs is 1. The second-order valence-corrected chi connectivity index (χ2v) is 7.34. The van der Waals surface area contributed by atoms with E-state index in [0.29, 0.717) is 23.0 Å². The number of pyridine rings is 2.